The van der Waals surface area contributed by atoms with Gasteiger partial charge in [0.2, 0.25) is 5.95 Å². The van der Waals surface area contributed by atoms with Gasteiger partial charge in [-0.15, -0.1) is 0 Å². The van der Waals surface area contributed by atoms with E-state index in [4.69, 9.17) is 0 Å². The van der Waals surface area contributed by atoms with Gasteiger partial charge >= 0.3 is 6.18 Å². The SMILES string of the molecule is O=c1cc2c(nn1CCN1CCN(c3nccc(C(F)(F)F)n3)CC1)CCSC2. The molecule has 11 heteroatoms. The van der Waals surface area contributed by atoms with Crippen LogP contribution in [0.25, 0.3) is 0 Å². The van der Waals surface area contributed by atoms with Crippen LogP contribution < -0.4 is 10.5 Å². The summed E-state index contributed by atoms with van der Waals surface area (Å²) in [5, 5.41) is 4.52. The number of nitrogens with zero attached hydrogens (tertiary/aromatic N) is 6. The molecule has 2 aromatic rings. The molecule has 4 heterocycles. The molecule has 0 aromatic carbocycles. The van der Waals surface area contributed by atoms with Crippen molar-refractivity contribution in [3.63, 3.8) is 0 Å². The van der Waals surface area contributed by atoms with Crippen molar-refractivity contribution in [3.05, 3.63) is 45.6 Å². The van der Waals surface area contributed by atoms with E-state index in [1.807, 2.05) is 11.8 Å². The van der Waals surface area contributed by atoms with Gasteiger partial charge in [-0.2, -0.15) is 30.0 Å². The highest BCUT2D eigenvalue weighted by molar-refractivity contribution is 7.98. The fraction of sp³-hybridized carbons (Fsp3) is 0.556. The van der Waals surface area contributed by atoms with Crippen molar-refractivity contribution in [3.8, 4) is 0 Å². The summed E-state index contributed by atoms with van der Waals surface area (Å²) in [5.41, 5.74) is 1.04. The topological polar surface area (TPSA) is 67.2 Å². The molecule has 0 spiro atoms. The van der Waals surface area contributed by atoms with Crippen LogP contribution >= 0.6 is 11.8 Å². The largest absolute Gasteiger partial charge is 0.433 e. The lowest BCUT2D eigenvalue weighted by Crippen LogP contribution is -2.48. The first-order valence-electron chi connectivity index (χ1n) is 9.45. The lowest BCUT2D eigenvalue weighted by Gasteiger charge is -2.34. The Kier molecular flexibility index (Phi) is 5.77. The number of piperazine rings is 1. The van der Waals surface area contributed by atoms with E-state index in [-0.39, 0.29) is 11.5 Å². The van der Waals surface area contributed by atoms with E-state index in [1.165, 1.54) is 4.68 Å². The molecule has 0 amide bonds. The lowest BCUT2D eigenvalue weighted by atomic mass is 10.2. The number of hydrogen-bond acceptors (Lipinski definition) is 7. The number of thioether (sulfide) groups is 1. The molecular formula is C18H21F3N6OS. The summed E-state index contributed by atoms with van der Waals surface area (Å²) >= 11 is 1.82. The van der Waals surface area contributed by atoms with Gasteiger partial charge in [-0.3, -0.25) is 9.69 Å². The summed E-state index contributed by atoms with van der Waals surface area (Å²) < 4.78 is 40.1. The van der Waals surface area contributed by atoms with E-state index in [1.54, 1.807) is 11.0 Å². The highest BCUT2D eigenvalue weighted by Crippen LogP contribution is 2.28. The number of hydrogen-bond donors (Lipinski definition) is 0. The summed E-state index contributed by atoms with van der Waals surface area (Å²) in [7, 11) is 0. The summed E-state index contributed by atoms with van der Waals surface area (Å²) in [5.74, 6) is 1.97. The number of alkyl halides is 3. The smallest absolute Gasteiger partial charge is 0.338 e. The molecule has 4 rings (SSSR count). The Bertz CT molecular complexity index is 927. The second-order valence-electron chi connectivity index (χ2n) is 7.05. The van der Waals surface area contributed by atoms with Crippen molar-refractivity contribution in [1.29, 1.82) is 0 Å². The molecule has 0 unspecified atom stereocenters. The Hall–Kier alpha value is -2.14. The number of fused-ring (bicyclic) bond motifs is 1. The van der Waals surface area contributed by atoms with Crippen LogP contribution in [0.3, 0.4) is 0 Å². The van der Waals surface area contributed by atoms with Crippen LogP contribution in [0.1, 0.15) is 17.0 Å². The van der Waals surface area contributed by atoms with Gasteiger partial charge in [-0.25, -0.2) is 14.6 Å². The highest BCUT2D eigenvalue weighted by Gasteiger charge is 2.33. The van der Waals surface area contributed by atoms with Crippen molar-refractivity contribution in [2.45, 2.75) is 24.9 Å². The molecule has 2 aliphatic rings. The molecule has 0 N–H and O–H groups in total. The minimum Gasteiger partial charge on any atom is -0.338 e. The van der Waals surface area contributed by atoms with Gasteiger partial charge in [-0.05, 0) is 17.4 Å². The minimum atomic E-state index is -4.48. The zero-order valence-corrected chi connectivity index (χ0v) is 16.5. The van der Waals surface area contributed by atoms with Crippen molar-refractivity contribution in [2.75, 3.05) is 43.4 Å². The first-order chi connectivity index (χ1) is 13.9. The first kappa shape index (κ1) is 20.1. The van der Waals surface area contributed by atoms with Crippen LogP contribution in [0.15, 0.2) is 23.1 Å². The van der Waals surface area contributed by atoms with Crippen LogP contribution in [0.5, 0.6) is 0 Å². The molecule has 156 valence electrons. The lowest BCUT2D eigenvalue weighted by molar-refractivity contribution is -0.141. The number of anilines is 1. The van der Waals surface area contributed by atoms with E-state index in [0.29, 0.717) is 39.3 Å². The van der Waals surface area contributed by atoms with Crippen molar-refractivity contribution in [1.82, 2.24) is 24.6 Å². The van der Waals surface area contributed by atoms with Gasteiger partial charge in [0.25, 0.3) is 5.56 Å². The average Bonchev–Trinajstić information content (AvgIpc) is 2.72. The van der Waals surface area contributed by atoms with E-state index in [9.17, 15) is 18.0 Å². The zero-order valence-electron chi connectivity index (χ0n) is 15.7. The molecule has 7 nitrogen and oxygen atoms in total. The molecule has 0 radical (unpaired) electrons. The second kappa shape index (κ2) is 8.31. The number of rotatable bonds is 4. The summed E-state index contributed by atoms with van der Waals surface area (Å²) in [6, 6.07) is 2.57. The third kappa shape index (κ3) is 4.72. The van der Waals surface area contributed by atoms with Crippen molar-refractivity contribution >= 4 is 17.7 Å². The molecule has 2 aromatic heterocycles. The number of aryl methyl sites for hydroxylation is 1. The van der Waals surface area contributed by atoms with Crippen molar-refractivity contribution in [2.24, 2.45) is 0 Å². The normalized spacial score (nSPS) is 18.0. The van der Waals surface area contributed by atoms with Gasteiger partial charge in [0.05, 0.1) is 12.2 Å². The van der Waals surface area contributed by atoms with E-state index >= 15 is 0 Å². The molecule has 0 bridgehead atoms. The Balaban J connectivity index is 1.33. The number of aromatic nitrogens is 4. The molecule has 0 saturated carbocycles. The fourth-order valence-corrected chi connectivity index (χ4v) is 4.43. The maximum atomic E-state index is 12.8. The van der Waals surface area contributed by atoms with Gasteiger partial charge in [0, 0.05) is 57.2 Å². The standard InChI is InChI=1S/C18H21F3N6OS/c19-18(20,21)15-1-3-22-17(23-15)26-7-4-25(5-8-26)6-9-27-16(28)11-13-12-29-10-2-14(13)24-27/h1,3,11H,2,4-10,12H2. The fourth-order valence-electron chi connectivity index (χ4n) is 3.48. The molecule has 29 heavy (non-hydrogen) atoms. The highest BCUT2D eigenvalue weighted by atomic mass is 32.2. The quantitative estimate of drug-likeness (QED) is 0.737. The van der Waals surface area contributed by atoms with Gasteiger partial charge in [0.15, 0.2) is 0 Å². The van der Waals surface area contributed by atoms with Crippen LogP contribution in [-0.4, -0.2) is 63.1 Å². The maximum Gasteiger partial charge on any atom is 0.433 e. The van der Waals surface area contributed by atoms with Crippen molar-refractivity contribution < 1.29 is 13.2 Å². The molecule has 0 atom stereocenters. The molecular weight excluding hydrogens is 405 g/mol. The third-order valence-electron chi connectivity index (χ3n) is 5.12. The summed E-state index contributed by atoms with van der Waals surface area (Å²) in [6.07, 6.45) is -2.45. The predicted molar refractivity (Wildman–Crippen MR) is 104 cm³/mol. The summed E-state index contributed by atoms with van der Waals surface area (Å²) in [4.78, 5) is 23.8. The van der Waals surface area contributed by atoms with E-state index in [2.05, 4.69) is 20.0 Å². The third-order valence-corrected chi connectivity index (χ3v) is 6.13. The average molecular weight is 426 g/mol. The van der Waals surface area contributed by atoms with E-state index in [0.717, 1.165) is 41.4 Å². The minimum absolute atomic E-state index is 0.0812. The summed E-state index contributed by atoms with van der Waals surface area (Å²) in [6.45, 7) is 3.55. The van der Waals surface area contributed by atoms with Crippen LogP contribution in [0, 0.1) is 0 Å². The van der Waals surface area contributed by atoms with Crippen LogP contribution in [0.4, 0.5) is 19.1 Å². The Morgan fingerprint density at radius 2 is 1.93 bits per heavy atom. The zero-order chi connectivity index (χ0) is 20.4. The van der Waals surface area contributed by atoms with Crippen LogP contribution in [-0.2, 0) is 24.9 Å². The second-order valence-corrected chi connectivity index (χ2v) is 8.15. The van der Waals surface area contributed by atoms with Gasteiger partial charge < -0.3 is 4.90 Å². The molecule has 0 aliphatic carbocycles. The Morgan fingerprint density at radius 3 is 2.69 bits per heavy atom. The predicted octanol–water partition coefficient (Wildman–Crippen LogP) is 1.66. The maximum absolute atomic E-state index is 12.8. The van der Waals surface area contributed by atoms with Gasteiger partial charge in [-0.1, -0.05) is 0 Å². The molecule has 1 fully saturated rings. The monoisotopic (exact) mass is 426 g/mol. The Morgan fingerprint density at radius 1 is 1.14 bits per heavy atom. The van der Waals surface area contributed by atoms with Crippen LogP contribution in [0.2, 0.25) is 0 Å². The Labute approximate surface area is 169 Å². The van der Waals surface area contributed by atoms with E-state index < -0.39 is 11.9 Å². The number of halogens is 3. The molecule has 1 saturated heterocycles. The molecule has 2 aliphatic heterocycles. The van der Waals surface area contributed by atoms with Gasteiger partial charge in [0.1, 0.15) is 5.69 Å². The first-order valence-corrected chi connectivity index (χ1v) is 10.6.